The quantitative estimate of drug-likeness (QED) is 0.431. The van der Waals surface area contributed by atoms with Gasteiger partial charge in [-0.15, -0.1) is 24.0 Å². The van der Waals surface area contributed by atoms with Gasteiger partial charge >= 0.3 is 0 Å². The number of quaternary nitrogens is 1. The van der Waals surface area contributed by atoms with Gasteiger partial charge in [0.2, 0.25) is 0 Å². The van der Waals surface area contributed by atoms with Gasteiger partial charge in [-0.05, 0) is 26.7 Å². The van der Waals surface area contributed by atoms with Crippen LogP contribution in [0.5, 0.6) is 0 Å². The normalized spacial score (nSPS) is 9.75. The Bertz CT molecular complexity index is 108. The van der Waals surface area contributed by atoms with Crippen molar-refractivity contribution in [3.8, 4) is 0 Å². The van der Waals surface area contributed by atoms with E-state index >= 15 is 0 Å². The number of halogens is 2. The van der Waals surface area contributed by atoms with Crippen molar-refractivity contribution in [2.24, 2.45) is 0 Å². The zero-order valence-electron chi connectivity index (χ0n) is 11.6. The van der Waals surface area contributed by atoms with Crippen LogP contribution in [-0.4, -0.2) is 30.7 Å². The van der Waals surface area contributed by atoms with Crippen LogP contribution in [0.3, 0.4) is 0 Å². The van der Waals surface area contributed by atoms with Gasteiger partial charge in [-0.2, -0.15) is 0 Å². The topological polar surface area (TPSA) is 35.0 Å². The van der Waals surface area contributed by atoms with Gasteiger partial charge in [0.15, 0.2) is 0 Å². The number of rotatable bonds is 8. The predicted molar refractivity (Wildman–Crippen MR) is 81.3 cm³/mol. The van der Waals surface area contributed by atoms with Gasteiger partial charge in [-0.25, -0.2) is 0 Å². The van der Waals surface area contributed by atoms with Crippen LogP contribution in [0.25, 0.3) is 0 Å². The molecule has 0 aromatic rings. The van der Waals surface area contributed by atoms with Gasteiger partial charge in [0.25, 0.3) is 0 Å². The first kappa shape index (κ1) is 26.0. The molecular weight excluding hydrogens is 426 g/mol. The molecule has 0 aliphatic rings. The Morgan fingerprint density at radius 3 is 1.25 bits per heavy atom. The molecule has 0 amide bonds. The molecule has 0 aromatic carbocycles. The first-order valence-corrected chi connectivity index (χ1v) is 6.09. The lowest BCUT2D eigenvalue weighted by Crippen LogP contribution is -3.00. The first-order chi connectivity index (χ1) is 6.24. The molecule has 0 bridgehead atoms. The number of nitrogens with zero attached hydrogens (tertiary/aromatic N) is 1. The molecule has 0 spiro atoms. The van der Waals surface area contributed by atoms with E-state index in [-0.39, 0.29) is 54.1 Å². The zero-order valence-corrected chi connectivity index (χ0v) is 16.1. The van der Waals surface area contributed by atoms with Gasteiger partial charge in [-0.3, -0.25) is 0 Å². The Morgan fingerprint density at radius 2 is 1.06 bits per heavy atom. The van der Waals surface area contributed by atoms with Crippen molar-refractivity contribution in [3.63, 3.8) is 0 Å². The van der Waals surface area contributed by atoms with Crippen molar-refractivity contribution in [1.29, 1.82) is 0 Å². The summed E-state index contributed by atoms with van der Waals surface area (Å²) in [5.41, 5.74) is 0. The molecular formula is C12H32I2N2. The third-order valence-corrected chi connectivity index (χ3v) is 3.31. The molecule has 16 heavy (non-hydrogen) atoms. The fourth-order valence-corrected chi connectivity index (χ4v) is 1.95. The van der Waals surface area contributed by atoms with E-state index in [1.165, 1.54) is 56.3 Å². The van der Waals surface area contributed by atoms with Crippen LogP contribution >= 0.6 is 24.0 Å². The van der Waals surface area contributed by atoms with Gasteiger partial charge in [0.1, 0.15) is 0 Å². The lowest BCUT2D eigenvalue weighted by Gasteiger charge is -2.37. The molecule has 2 nitrogen and oxygen atoms in total. The lowest BCUT2D eigenvalue weighted by atomic mass is 10.2. The third-order valence-electron chi connectivity index (χ3n) is 3.31. The molecule has 0 saturated heterocycles. The average Bonchev–Trinajstić information content (AvgIpc) is 2.20. The Kier molecular flexibility index (Phi) is 26.7. The van der Waals surface area contributed by atoms with Gasteiger partial charge in [-0.1, -0.05) is 26.7 Å². The minimum absolute atomic E-state index is 0. The summed E-state index contributed by atoms with van der Waals surface area (Å²) >= 11 is 0. The second-order valence-electron chi connectivity index (χ2n) is 4.13. The van der Waals surface area contributed by atoms with Crippen LogP contribution in [0, 0.1) is 0 Å². The predicted octanol–water partition coefficient (Wildman–Crippen LogP) is 1.23. The second kappa shape index (κ2) is 16.4. The highest BCUT2D eigenvalue weighted by atomic mass is 127. The van der Waals surface area contributed by atoms with Gasteiger partial charge in [0.05, 0.1) is 26.2 Å². The molecule has 0 fully saturated rings. The smallest absolute Gasteiger partial charge is 0.0786 e. The summed E-state index contributed by atoms with van der Waals surface area (Å²) in [6.45, 7) is 14.7. The molecule has 0 saturated carbocycles. The average molecular weight is 458 g/mol. The molecule has 104 valence electrons. The monoisotopic (exact) mass is 458 g/mol. The maximum atomic E-state index is 2.34. The third kappa shape index (κ3) is 10.5. The molecule has 0 atom stereocenters. The van der Waals surface area contributed by atoms with Crippen LogP contribution in [0.1, 0.15) is 53.4 Å². The maximum absolute atomic E-state index is 2.34. The van der Waals surface area contributed by atoms with E-state index in [4.69, 9.17) is 0 Å². The highest BCUT2D eigenvalue weighted by molar-refractivity contribution is 14.0. The summed E-state index contributed by atoms with van der Waals surface area (Å²) in [5, 5.41) is 0. The van der Waals surface area contributed by atoms with Crippen molar-refractivity contribution < 1.29 is 28.5 Å². The fourth-order valence-electron chi connectivity index (χ4n) is 1.95. The summed E-state index contributed by atoms with van der Waals surface area (Å²) in [6, 6.07) is 0. The molecule has 0 heterocycles. The largest absolute Gasteiger partial charge is 1.00 e. The first-order valence-electron chi connectivity index (χ1n) is 6.09. The Morgan fingerprint density at radius 1 is 0.750 bits per heavy atom. The van der Waals surface area contributed by atoms with Gasteiger partial charge < -0.3 is 34.6 Å². The minimum Gasteiger partial charge on any atom is -1.00 e. The standard InChI is InChI=1S/C12H28N.2HI.H3N/c1-5-9-11-13(7-3,8-4)12-10-6-2;;;/h5-12H2,1-4H3;2*1H;1H3/q+1;;;/p-1. The van der Waals surface area contributed by atoms with Crippen molar-refractivity contribution in [1.82, 2.24) is 6.15 Å². The number of hydrogen-bond donors (Lipinski definition) is 1. The molecule has 0 aromatic heterocycles. The summed E-state index contributed by atoms with van der Waals surface area (Å²) in [4.78, 5) is 0. The summed E-state index contributed by atoms with van der Waals surface area (Å²) in [7, 11) is 0. The summed E-state index contributed by atoms with van der Waals surface area (Å²) < 4.78 is 1.35. The summed E-state index contributed by atoms with van der Waals surface area (Å²) in [6.07, 6.45) is 5.47. The van der Waals surface area contributed by atoms with E-state index in [1.807, 2.05) is 0 Å². The van der Waals surface area contributed by atoms with Crippen LogP contribution in [0.4, 0.5) is 0 Å². The van der Waals surface area contributed by atoms with Crippen LogP contribution in [0.15, 0.2) is 0 Å². The van der Waals surface area contributed by atoms with Crippen molar-refractivity contribution in [2.45, 2.75) is 53.4 Å². The highest BCUT2D eigenvalue weighted by Crippen LogP contribution is 2.11. The minimum atomic E-state index is 0. The van der Waals surface area contributed by atoms with E-state index in [9.17, 15) is 0 Å². The molecule has 0 radical (unpaired) electrons. The molecule has 3 N–H and O–H groups in total. The Balaban J connectivity index is -0.000000240. The second-order valence-corrected chi connectivity index (χ2v) is 4.13. The zero-order chi connectivity index (χ0) is 10.2. The lowest BCUT2D eigenvalue weighted by molar-refractivity contribution is -0.925. The van der Waals surface area contributed by atoms with Crippen LogP contribution < -0.4 is 30.1 Å². The van der Waals surface area contributed by atoms with E-state index in [2.05, 4.69) is 27.7 Å². The van der Waals surface area contributed by atoms with Crippen molar-refractivity contribution in [2.75, 3.05) is 26.2 Å². The summed E-state index contributed by atoms with van der Waals surface area (Å²) in [5.74, 6) is 0. The van der Waals surface area contributed by atoms with Crippen LogP contribution in [-0.2, 0) is 0 Å². The van der Waals surface area contributed by atoms with Crippen molar-refractivity contribution >= 4 is 24.0 Å². The van der Waals surface area contributed by atoms with Crippen LogP contribution in [0.2, 0.25) is 0 Å². The Hall–Kier alpha value is 1.38. The number of hydrogen-bond acceptors (Lipinski definition) is 1. The Labute approximate surface area is 137 Å². The molecule has 0 aliphatic heterocycles. The molecule has 0 aliphatic carbocycles. The highest BCUT2D eigenvalue weighted by Gasteiger charge is 2.20. The molecule has 4 heteroatoms. The van der Waals surface area contributed by atoms with Gasteiger partial charge in [0, 0.05) is 0 Å². The molecule has 0 unspecified atom stereocenters. The maximum Gasteiger partial charge on any atom is 0.0786 e. The number of unbranched alkanes of at least 4 members (excludes halogenated alkanes) is 2. The molecule has 0 rings (SSSR count). The van der Waals surface area contributed by atoms with E-state index in [0.29, 0.717) is 0 Å². The van der Waals surface area contributed by atoms with E-state index in [1.54, 1.807) is 0 Å². The fraction of sp³-hybridized carbons (Fsp3) is 1.00. The SMILES string of the molecule is CCCC[N+](CC)(CC)CCCC.I.N.[I-]. The van der Waals surface area contributed by atoms with Crippen molar-refractivity contribution in [3.05, 3.63) is 0 Å². The van der Waals surface area contributed by atoms with E-state index < -0.39 is 0 Å². The van der Waals surface area contributed by atoms with E-state index in [0.717, 1.165) is 0 Å².